The van der Waals surface area contributed by atoms with Crippen LogP contribution >= 0.6 is 34.7 Å². The van der Waals surface area contributed by atoms with Gasteiger partial charge in [0.25, 0.3) is 0 Å². The van der Waals surface area contributed by atoms with Crippen molar-refractivity contribution < 1.29 is 14.7 Å². The molecule has 2 N–H and O–H groups in total. The summed E-state index contributed by atoms with van der Waals surface area (Å²) in [5, 5.41) is 13.2. The Labute approximate surface area is 183 Å². The molecule has 1 aromatic heterocycles. The number of carbonyl (C=O) groups is 2. The summed E-state index contributed by atoms with van der Waals surface area (Å²) in [4.78, 5) is 30.3. The van der Waals surface area contributed by atoms with E-state index in [2.05, 4.69) is 10.3 Å². The van der Waals surface area contributed by atoms with Gasteiger partial charge >= 0.3 is 12.0 Å². The van der Waals surface area contributed by atoms with Crippen LogP contribution in [-0.4, -0.2) is 33.4 Å². The maximum Gasteiger partial charge on any atom is 0.328 e. The topological polar surface area (TPSA) is 82.5 Å². The number of carboxylic acids is 1. The summed E-state index contributed by atoms with van der Waals surface area (Å²) in [6.45, 7) is 3.93. The predicted octanol–water partition coefficient (Wildman–Crippen LogP) is 5.98. The van der Waals surface area contributed by atoms with Gasteiger partial charge in [0.2, 0.25) is 0 Å². The highest BCUT2D eigenvalue weighted by atomic mass is 35.5. The molecule has 0 aliphatic heterocycles. The van der Waals surface area contributed by atoms with Gasteiger partial charge in [-0.1, -0.05) is 47.5 Å². The van der Waals surface area contributed by atoms with E-state index in [9.17, 15) is 14.7 Å². The number of nitrogens with zero attached hydrogens (tertiary/aromatic N) is 2. The molecule has 2 amide bonds. The molecular weight excluding hydrogens is 430 g/mol. The van der Waals surface area contributed by atoms with Gasteiger partial charge in [-0.25, -0.2) is 9.78 Å². The first-order chi connectivity index (χ1) is 13.7. The number of aromatic nitrogens is 1. The molecule has 1 aliphatic rings. The van der Waals surface area contributed by atoms with Gasteiger partial charge in [0.15, 0.2) is 5.13 Å². The number of rotatable bonds is 7. The summed E-state index contributed by atoms with van der Waals surface area (Å²) >= 11 is 8.49. The van der Waals surface area contributed by atoms with E-state index in [1.54, 1.807) is 37.1 Å². The normalized spacial score (nSPS) is 14.7. The lowest BCUT2D eigenvalue weighted by Gasteiger charge is -2.25. The van der Waals surface area contributed by atoms with Crippen LogP contribution in [0.3, 0.4) is 0 Å². The largest absolute Gasteiger partial charge is 0.480 e. The van der Waals surface area contributed by atoms with Crippen molar-refractivity contribution in [1.29, 1.82) is 0 Å². The first-order valence-corrected chi connectivity index (χ1v) is 11.5. The molecule has 1 heterocycles. The first-order valence-electron chi connectivity index (χ1n) is 9.47. The third kappa shape index (κ3) is 5.87. The number of hydrogen-bond acceptors (Lipinski definition) is 5. The number of thiazole rings is 1. The van der Waals surface area contributed by atoms with Crippen molar-refractivity contribution in [2.24, 2.45) is 5.92 Å². The lowest BCUT2D eigenvalue weighted by molar-refractivity contribution is -0.138. The van der Waals surface area contributed by atoms with Crippen molar-refractivity contribution in [1.82, 2.24) is 4.98 Å². The molecule has 0 unspecified atom stereocenters. The number of benzene rings is 1. The molecule has 3 rings (SSSR count). The van der Waals surface area contributed by atoms with Crippen molar-refractivity contribution in [2.75, 3.05) is 16.8 Å². The average Bonchev–Trinajstić information content (AvgIpc) is 3.32. The van der Waals surface area contributed by atoms with E-state index in [0.29, 0.717) is 22.6 Å². The van der Waals surface area contributed by atoms with Crippen LogP contribution in [0.25, 0.3) is 0 Å². The van der Waals surface area contributed by atoms with Gasteiger partial charge in [-0.3, -0.25) is 15.0 Å². The SMILES string of the molecule is CC(C)(Sc1cnc(NC(=O)N(CC2CCCC2)c2ccc(Cl)cc2)s1)C(=O)O. The van der Waals surface area contributed by atoms with Gasteiger partial charge in [-0.2, -0.15) is 0 Å². The molecule has 0 atom stereocenters. The van der Waals surface area contributed by atoms with Crippen molar-refractivity contribution in [3.05, 3.63) is 35.5 Å². The summed E-state index contributed by atoms with van der Waals surface area (Å²) < 4.78 is -0.229. The number of amides is 2. The second kappa shape index (κ2) is 9.36. The van der Waals surface area contributed by atoms with Crippen LogP contribution in [0.4, 0.5) is 15.6 Å². The standard InChI is InChI=1S/C20H24ClN3O3S2/c1-20(2,17(25)26)29-16-11-22-18(28-16)23-19(27)24(12-13-5-3-4-6-13)15-9-7-14(21)8-10-15/h7-11,13H,3-6,12H2,1-2H3,(H,25,26)(H,22,23,27). The molecule has 1 aliphatic carbocycles. The smallest absolute Gasteiger partial charge is 0.328 e. The van der Waals surface area contributed by atoms with Crippen LogP contribution in [0.15, 0.2) is 34.7 Å². The number of thioether (sulfide) groups is 1. The fourth-order valence-electron chi connectivity index (χ4n) is 3.20. The summed E-state index contributed by atoms with van der Waals surface area (Å²) in [6, 6.07) is 6.99. The molecule has 0 radical (unpaired) electrons. The Balaban J connectivity index is 1.72. The number of nitrogens with one attached hydrogen (secondary N) is 1. The van der Waals surface area contributed by atoms with Crippen molar-refractivity contribution >= 4 is 57.5 Å². The maximum absolute atomic E-state index is 13.0. The fourth-order valence-corrected chi connectivity index (χ4v) is 5.59. The lowest BCUT2D eigenvalue weighted by atomic mass is 10.1. The highest BCUT2D eigenvalue weighted by Crippen LogP contribution is 2.37. The van der Waals surface area contributed by atoms with Crippen LogP contribution in [0, 0.1) is 5.92 Å². The van der Waals surface area contributed by atoms with E-state index in [4.69, 9.17) is 11.6 Å². The Morgan fingerprint density at radius 1 is 1.31 bits per heavy atom. The molecule has 6 nitrogen and oxygen atoms in total. The van der Waals surface area contributed by atoms with Gasteiger partial charge in [-0.05, 0) is 56.9 Å². The lowest BCUT2D eigenvalue weighted by Crippen LogP contribution is -2.38. The van der Waals surface area contributed by atoms with E-state index >= 15 is 0 Å². The Kier molecular flexibility index (Phi) is 7.08. The molecule has 1 aromatic carbocycles. The molecule has 1 saturated carbocycles. The molecule has 29 heavy (non-hydrogen) atoms. The molecule has 1 fully saturated rings. The maximum atomic E-state index is 13.0. The first kappa shape index (κ1) is 21.9. The average molecular weight is 454 g/mol. The summed E-state index contributed by atoms with van der Waals surface area (Å²) in [5.41, 5.74) is 0.789. The van der Waals surface area contributed by atoms with E-state index in [1.807, 2.05) is 12.1 Å². The fraction of sp³-hybridized carbons (Fsp3) is 0.450. The van der Waals surface area contributed by atoms with Gasteiger partial charge in [0, 0.05) is 17.3 Å². The minimum Gasteiger partial charge on any atom is -0.480 e. The zero-order valence-corrected chi connectivity index (χ0v) is 18.7. The Morgan fingerprint density at radius 3 is 2.59 bits per heavy atom. The Hall–Kier alpha value is -1.77. The number of hydrogen-bond donors (Lipinski definition) is 2. The minimum atomic E-state index is -0.967. The third-order valence-electron chi connectivity index (χ3n) is 4.87. The molecule has 0 saturated heterocycles. The van der Waals surface area contributed by atoms with Crippen LogP contribution in [0.2, 0.25) is 5.02 Å². The molecule has 0 spiro atoms. The second-order valence-electron chi connectivity index (χ2n) is 7.57. The molecular formula is C20H24ClN3O3S2. The van der Waals surface area contributed by atoms with Crippen LogP contribution in [-0.2, 0) is 4.79 Å². The van der Waals surface area contributed by atoms with E-state index in [-0.39, 0.29) is 6.03 Å². The molecule has 156 valence electrons. The van der Waals surface area contributed by atoms with E-state index in [0.717, 1.165) is 22.7 Å². The Bertz CT molecular complexity index is 864. The van der Waals surface area contributed by atoms with Gasteiger partial charge < -0.3 is 5.11 Å². The van der Waals surface area contributed by atoms with Gasteiger partial charge in [-0.15, -0.1) is 0 Å². The van der Waals surface area contributed by atoms with Crippen molar-refractivity contribution in [3.8, 4) is 0 Å². The highest BCUT2D eigenvalue weighted by molar-refractivity contribution is 8.03. The van der Waals surface area contributed by atoms with E-state index in [1.165, 1.54) is 35.9 Å². The zero-order valence-electron chi connectivity index (χ0n) is 16.4. The van der Waals surface area contributed by atoms with Crippen LogP contribution in [0.1, 0.15) is 39.5 Å². The quantitative estimate of drug-likeness (QED) is 0.504. The van der Waals surface area contributed by atoms with Gasteiger partial charge in [0.1, 0.15) is 4.75 Å². The van der Waals surface area contributed by atoms with E-state index < -0.39 is 10.7 Å². The van der Waals surface area contributed by atoms with Crippen LogP contribution < -0.4 is 10.2 Å². The summed E-state index contributed by atoms with van der Waals surface area (Å²) in [6.07, 6.45) is 6.25. The number of aliphatic carboxylic acids is 1. The number of carbonyl (C=O) groups excluding carboxylic acids is 1. The number of anilines is 2. The number of halogens is 1. The summed E-state index contributed by atoms with van der Waals surface area (Å²) in [7, 11) is 0. The monoisotopic (exact) mass is 453 g/mol. The molecule has 9 heteroatoms. The second-order valence-corrected chi connectivity index (χ2v) is 11.0. The van der Waals surface area contributed by atoms with Gasteiger partial charge in [0.05, 0.1) is 10.4 Å². The van der Waals surface area contributed by atoms with Crippen molar-refractivity contribution in [2.45, 2.75) is 48.5 Å². The number of urea groups is 1. The Morgan fingerprint density at radius 2 is 1.97 bits per heavy atom. The highest BCUT2D eigenvalue weighted by Gasteiger charge is 2.30. The van der Waals surface area contributed by atoms with Crippen LogP contribution in [0.5, 0.6) is 0 Å². The minimum absolute atomic E-state index is 0.248. The van der Waals surface area contributed by atoms with Crippen molar-refractivity contribution in [3.63, 3.8) is 0 Å². The predicted molar refractivity (Wildman–Crippen MR) is 119 cm³/mol. The molecule has 2 aromatic rings. The number of carboxylic acid groups (broad SMARTS) is 1. The third-order valence-corrected chi connectivity index (χ3v) is 7.32. The zero-order chi connectivity index (χ0) is 21.0. The molecule has 0 bridgehead atoms. The summed E-state index contributed by atoms with van der Waals surface area (Å²) in [5.74, 6) is -0.415.